The lowest BCUT2D eigenvalue weighted by Gasteiger charge is -2.33. The third-order valence-electron chi connectivity index (χ3n) is 5.46. The molecule has 2 aliphatic rings. The van der Waals surface area contributed by atoms with Gasteiger partial charge in [-0.25, -0.2) is 9.48 Å². The summed E-state index contributed by atoms with van der Waals surface area (Å²) in [5, 5.41) is 8.65. The van der Waals surface area contributed by atoms with Crippen LogP contribution in [0.3, 0.4) is 0 Å². The van der Waals surface area contributed by atoms with E-state index in [9.17, 15) is 9.59 Å². The van der Waals surface area contributed by atoms with Crippen molar-refractivity contribution in [3.63, 3.8) is 0 Å². The van der Waals surface area contributed by atoms with Gasteiger partial charge < -0.3 is 14.4 Å². The third kappa shape index (κ3) is 3.61. The minimum absolute atomic E-state index is 0.0857. The number of ether oxygens (including phenoxy) is 2. The molecule has 2 aliphatic heterocycles. The lowest BCUT2D eigenvalue weighted by atomic mass is 10.0. The maximum Gasteiger partial charge on any atom is 0.346 e. The number of amides is 1. The molecule has 0 bridgehead atoms. The number of fused-ring (bicyclic) bond motifs is 1. The Hall–Kier alpha value is -2.46. The molecule has 28 heavy (non-hydrogen) atoms. The summed E-state index contributed by atoms with van der Waals surface area (Å²) in [5.74, 6) is 0.716. The van der Waals surface area contributed by atoms with Crippen LogP contribution in [0, 0.1) is 6.92 Å². The maximum absolute atomic E-state index is 12.6. The Labute approximate surface area is 162 Å². The Bertz CT molecular complexity index is 916. The van der Waals surface area contributed by atoms with Crippen LogP contribution in [0.5, 0.6) is 0 Å². The molecule has 1 unspecified atom stereocenters. The molecule has 1 atom stereocenters. The fraction of sp³-hybridized carbons (Fsp3) is 0.667. The molecular formula is C18H26N6O4. The molecule has 0 N–H and O–H groups in total. The molecule has 152 valence electrons. The number of carbonyl (C=O) groups excluding carboxylic acids is 1. The second kappa shape index (κ2) is 7.51. The van der Waals surface area contributed by atoms with Crippen molar-refractivity contribution in [2.75, 3.05) is 26.8 Å². The second-order valence-corrected chi connectivity index (χ2v) is 7.51. The van der Waals surface area contributed by atoms with E-state index in [0.717, 1.165) is 12.1 Å². The lowest BCUT2D eigenvalue weighted by Crippen LogP contribution is -2.47. The quantitative estimate of drug-likeness (QED) is 0.677. The summed E-state index contributed by atoms with van der Waals surface area (Å²) in [4.78, 5) is 27.1. The van der Waals surface area contributed by atoms with E-state index in [2.05, 4.69) is 10.2 Å². The summed E-state index contributed by atoms with van der Waals surface area (Å²) in [7, 11) is 1.59. The van der Waals surface area contributed by atoms with Crippen LogP contribution in [0.2, 0.25) is 0 Å². The lowest BCUT2D eigenvalue weighted by molar-refractivity contribution is -0.133. The van der Waals surface area contributed by atoms with Crippen LogP contribution in [0.4, 0.5) is 0 Å². The van der Waals surface area contributed by atoms with Gasteiger partial charge in [-0.15, -0.1) is 0 Å². The van der Waals surface area contributed by atoms with E-state index in [1.807, 2.05) is 24.1 Å². The van der Waals surface area contributed by atoms with E-state index < -0.39 is 5.60 Å². The zero-order chi connectivity index (χ0) is 19.7. The number of aromatic nitrogens is 5. The van der Waals surface area contributed by atoms with Gasteiger partial charge in [-0.3, -0.25) is 14.0 Å². The molecule has 0 aromatic carbocycles. The monoisotopic (exact) mass is 390 g/mol. The van der Waals surface area contributed by atoms with Gasteiger partial charge >= 0.3 is 5.69 Å². The maximum atomic E-state index is 12.6. The number of hydrogen-bond donors (Lipinski definition) is 0. The Morgan fingerprint density at radius 3 is 2.93 bits per heavy atom. The average Bonchev–Trinajstić information content (AvgIpc) is 3.37. The number of methoxy groups -OCH3 is 1. The van der Waals surface area contributed by atoms with Crippen molar-refractivity contribution in [1.82, 2.24) is 29.0 Å². The van der Waals surface area contributed by atoms with Crippen LogP contribution in [0.1, 0.15) is 24.4 Å². The highest BCUT2D eigenvalue weighted by Crippen LogP contribution is 2.31. The van der Waals surface area contributed by atoms with Gasteiger partial charge in [-0.05, 0) is 19.4 Å². The fourth-order valence-electron chi connectivity index (χ4n) is 3.89. The van der Waals surface area contributed by atoms with Crippen LogP contribution < -0.4 is 5.69 Å². The highest BCUT2D eigenvalue weighted by atomic mass is 16.5. The molecule has 10 heteroatoms. The molecule has 1 amide bonds. The highest BCUT2D eigenvalue weighted by molar-refractivity contribution is 5.76. The van der Waals surface area contributed by atoms with Crippen molar-refractivity contribution in [1.29, 1.82) is 0 Å². The largest absolute Gasteiger partial charge is 0.383 e. The predicted octanol–water partition coefficient (Wildman–Crippen LogP) is -0.212. The van der Waals surface area contributed by atoms with Crippen LogP contribution in [0.15, 0.2) is 17.1 Å². The molecule has 0 radical (unpaired) electrons. The van der Waals surface area contributed by atoms with Crippen molar-refractivity contribution in [3.8, 4) is 0 Å². The molecule has 2 aromatic heterocycles. The van der Waals surface area contributed by atoms with E-state index in [4.69, 9.17) is 9.47 Å². The van der Waals surface area contributed by atoms with E-state index in [1.165, 1.54) is 4.68 Å². The van der Waals surface area contributed by atoms with Gasteiger partial charge in [0.05, 0.1) is 31.9 Å². The zero-order valence-electron chi connectivity index (χ0n) is 16.3. The number of hydrogen-bond acceptors (Lipinski definition) is 6. The zero-order valence-corrected chi connectivity index (χ0v) is 16.3. The number of rotatable bonds is 6. The summed E-state index contributed by atoms with van der Waals surface area (Å²) in [6.45, 7) is 5.18. The number of carbonyl (C=O) groups is 1. The van der Waals surface area contributed by atoms with E-state index in [0.29, 0.717) is 51.6 Å². The number of nitrogens with zero attached hydrogens (tertiary/aromatic N) is 6. The Morgan fingerprint density at radius 2 is 2.18 bits per heavy atom. The van der Waals surface area contributed by atoms with Gasteiger partial charge in [-0.2, -0.15) is 10.2 Å². The van der Waals surface area contributed by atoms with Crippen LogP contribution in [-0.4, -0.2) is 67.3 Å². The van der Waals surface area contributed by atoms with E-state index in [1.54, 1.807) is 16.4 Å². The van der Waals surface area contributed by atoms with Crippen molar-refractivity contribution >= 4 is 5.91 Å². The topological polar surface area (TPSA) is 96.4 Å². The predicted molar refractivity (Wildman–Crippen MR) is 98.7 cm³/mol. The average molecular weight is 390 g/mol. The van der Waals surface area contributed by atoms with Gasteiger partial charge in [0.1, 0.15) is 12.2 Å². The highest BCUT2D eigenvalue weighted by Gasteiger charge is 2.44. The molecule has 0 saturated carbocycles. The molecule has 2 aromatic rings. The van der Waals surface area contributed by atoms with Crippen LogP contribution in [-0.2, 0) is 40.5 Å². The minimum Gasteiger partial charge on any atom is -0.383 e. The molecule has 10 nitrogen and oxygen atoms in total. The van der Waals surface area contributed by atoms with Gasteiger partial charge in [-0.1, -0.05) is 0 Å². The first-order valence-corrected chi connectivity index (χ1v) is 9.57. The third-order valence-corrected chi connectivity index (χ3v) is 5.46. The first-order chi connectivity index (χ1) is 13.5. The smallest absolute Gasteiger partial charge is 0.346 e. The Morgan fingerprint density at radius 1 is 1.32 bits per heavy atom. The molecule has 4 rings (SSSR count). The van der Waals surface area contributed by atoms with Crippen LogP contribution in [0.25, 0.3) is 0 Å². The summed E-state index contributed by atoms with van der Waals surface area (Å²) in [6.07, 6.45) is 3.00. The SMILES string of the molecule is COCCn1nc2n(c1=O)CC1(CCN(C(=O)CCn3ccc(C)n3)C1)OC2. The first kappa shape index (κ1) is 18.9. The number of likely N-dealkylation sites (tertiary alicyclic amines) is 1. The van der Waals surface area contributed by atoms with E-state index >= 15 is 0 Å². The van der Waals surface area contributed by atoms with Crippen molar-refractivity contribution < 1.29 is 14.3 Å². The fourth-order valence-corrected chi connectivity index (χ4v) is 3.89. The Balaban J connectivity index is 1.39. The molecule has 1 spiro atoms. The summed E-state index contributed by atoms with van der Waals surface area (Å²) in [5.41, 5.74) is 0.285. The van der Waals surface area contributed by atoms with Gasteiger partial charge in [0, 0.05) is 32.8 Å². The molecule has 1 fully saturated rings. The molecular weight excluding hydrogens is 364 g/mol. The normalized spacial score (nSPS) is 21.4. The van der Waals surface area contributed by atoms with Crippen LogP contribution >= 0.6 is 0 Å². The Kier molecular flexibility index (Phi) is 5.07. The molecule has 0 aliphatic carbocycles. The van der Waals surface area contributed by atoms with Crippen molar-refractivity contribution in [2.45, 2.75) is 51.6 Å². The molecule has 1 saturated heterocycles. The van der Waals surface area contributed by atoms with Crippen molar-refractivity contribution in [2.24, 2.45) is 0 Å². The summed E-state index contributed by atoms with van der Waals surface area (Å²) >= 11 is 0. The van der Waals surface area contributed by atoms with Gasteiger partial charge in [0.25, 0.3) is 0 Å². The number of aryl methyl sites for hydroxylation is 2. The standard InChI is InChI=1S/C18H26N6O4/c1-14-3-6-22(19-14)7-4-16(25)21-8-5-18(12-21)13-23-15(11-28-18)20-24(17(23)26)9-10-27-2/h3,6H,4-5,7-13H2,1-2H3. The summed E-state index contributed by atoms with van der Waals surface area (Å²) in [6, 6.07) is 1.92. The van der Waals surface area contributed by atoms with E-state index in [-0.39, 0.29) is 18.2 Å². The molecule has 4 heterocycles. The van der Waals surface area contributed by atoms with Gasteiger partial charge in [0.15, 0.2) is 5.82 Å². The van der Waals surface area contributed by atoms with Gasteiger partial charge in [0.2, 0.25) is 5.91 Å². The van der Waals surface area contributed by atoms with Crippen molar-refractivity contribution in [3.05, 3.63) is 34.3 Å². The minimum atomic E-state index is -0.510. The first-order valence-electron chi connectivity index (χ1n) is 9.57. The second-order valence-electron chi connectivity index (χ2n) is 7.51. The summed E-state index contributed by atoms with van der Waals surface area (Å²) < 4.78 is 16.0.